The summed E-state index contributed by atoms with van der Waals surface area (Å²) in [4.78, 5) is 16.1. The fourth-order valence-corrected chi connectivity index (χ4v) is 2.91. The summed E-state index contributed by atoms with van der Waals surface area (Å²) in [7, 11) is 1.85. The minimum absolute atomic E-state index is 0.167. The largest absolute Gasteiger partial charge is 0.351 e. The first-order chi connectivity index (χ1) is 10.9. The lowest BCUT2D eigenvalue weighted by molar-refractivity contribution is -0.117. The van der Waals surface area contributed by atoms with E-state index in [4.69, 9.17) is 0 Å². The molecule has 1 aliphatic rings. The number of rotatable bonds is 5. The summed E-state index contributed by atoms with van der Waals surface area (Å²) in [5.41, 5.74) is 0.966. The average molecular weight is 319 g/mol. The van der Waals surface area contributed by atoms with Crippen molar-refractivity contribution in [1.29, 1.82) is 0 Å². The van der Waals surface area contributed by atoms with Gasteiger partial charge in [-0.2, -0.15) is 0 Å². The molecule has 1 amide bonds. The zero-order valence-corrected chi connectivity index (χ0v) is 14.3. The molecule has 5 heteroatoms. The predicted molar refractivity (Wildman–Crippen MR) is 93.0 cm³/mol. The molecule has 0 aliphatic carbocycles. The molecule has 1 fully saturated rings. The Kier molecular flexibility index (Phi) is 5.77. The molecule has 0 spiro atoms. The molecule has 1 N–H and O–H groups in total. The zero-order chi connectivity index (χ0) is 17.0. The molecule has 1 heterocycles. The van der Waals surface area contributed by atoms with Crippen molar-refractivity contribution in [3.05, 3.63) is 36.3 Å². The van der Waals surface area contributed by atoms with Crippen molar-refractivity contribution in [2.24, 2.45) is 11.8 Å². The molecule has 0 saturated carbocycles. The van der Waals surface area contributed by atoms with Gasteiger partial charge in [0, 0.05) is 25.8 Å². The first-order valence-corrected chi connectivity index (χ1v) is 8.08. The molecule has 2 rings (SSSR count). The van der Waals surface area contributed by atoms with Crippen molar-refractivity contribution in [1.82, 2.24) is 4.90 Å². The Hall–Kier alpha value is -1.88. The van der Waals surface area contributed by atoms with Gasteiger partial charge in [-0.3, -0.25) is 9.69 Å². The average Bonchev–Trinajstić information content (AvgIpc) is 2.79. The van der Waals surface area contributed by atoms with E-state index in [1.807, 2.05) is 31.1 Å². The van der Waals surface area contributed by atoms with Crippen LogP contribution >= 0.6 is 0 Å². The summed E-state index contributed by atoms with van der Waals surface area (Å²) >= 11 is 0. The highest BCUT2D eigenvalue weighted by Crippen LogP contribution is 2.23. The maximum atomic E-state index is 14.2. The van der Waals surface area contributed by atoms with E-state index in [1.165, 1.54) is 6.07 Å². The zero-order valence-electron chi connectivity index (χ0n) is 14.3. The SMILES string of the molecule is C/C=C\N(C)c1ccc(NC(=O)CN2C[C@@H](C)[C@H](C)C2)c(F)c1. The molecule has 4 nitrogen and oxygen atoms in total. The number of allylic oxidation sites excluding steroid dienone is 1. The Morgan fingerprint density at radius 3 is 2.61 bits per heavy atom. The molecule has 1 aliphatic heterocycles. The lowest BCUT2D eigenvalue weighted by Gasteiger charge is -2.17. The topological polar surface area (TPSA) is 35.6 Å². The summed E-state index contributed by atoms with van der Waals surface area (Å²) in [5, 5.41) is 2.67. The molecule has 1 aromatic rings. The normalized spacial score (nSPS) is 21.8. The molecule has 0 aromatic heterocycles. The van der Waals surface area contributed by atoms with Gasteiger partial charge in [-0.15, -0.1) is 0 Å². The van der Waals surface area contributed by atoms with Crippen molar-refractivity contribution in [3.63, 3.8) is 0 Å². The molecular weight excluding hydrogens is 293 g/mol. The molecule has 0 radical (unpaired) electrons. The first kappa shape index (κ1) is 17.5. The predicted octanol–water partition coefficient (Wildman–Crippen LogP) is 3.32. The van der Waals surface area contributed by atoms with Crippen LogP contribution in [0.1, 0.15) is 20.8 Å². The van der Waals surface area contributed by atoms with E-state index >= 15 is 0 Å². The van der Waals surface area contributed by atoms with Gasteiger partial charge < -0.3 is 10.2 Å². The maximum absolute atomic E-state index is 14.2. The second-order valence-corrected chi connectivity index (χ2v) is 6.45. The Bertz CT molecular complexity index is 578. The minimum atomic E-state index is -0.421. The molecule has 2 atom stereocenters. The quantitative estimate of drug-likeness (QED) is 0.904. The number of amides is 1. The second-order valence-electron chi connectivity index (χ2n) is 6.45. The number of hydrogen-bond donors (Lipinski definition) is 1. The van der Waals surface area contributed by atoms with Gasteiger partial charge in [0.1, 0.15) is 5.82 Å². The van der Waals surface area contributed by atoms with Gasteiger partial charge in [0.25, 0.3) is 0 Å². The number of halogens is 1. The second kappa shape index (κ2) is 7.59. The van der Waals surface area contributed by atoms with E-state index in [2.05, 4.69) is 24.1 Å². The van der Waals surface area contributed by atoms with Crippen LogP contribution in [0.5, 0.6) is 0 Å². The summed E-state index contributed by atoms with van der Waals surface area (Å²) in [6.07, 6.45) is 3.73. The maximum Gasteiger partial charge on any atom is 0.238 e. The van der Waals surface area contributed by atoms with Crippen LogP contribution in [0.3, 0.4) is 0 Å². The third-order valence-corrected chi connectivity index (χ3v) is 4.44. The number of nitrogens with zero attached hydrogens (tertiary/aromatic N) is 2. The van der Waals surface area contributed by atoms with Gasteiger partial charge in [-0.05, 0) is 43.2 Å². The van der Waals surface area contributed by atoms with E-state index in [0.29, 0.717) is 18.4 Å². The molecule has 1 saturated heterocycles. The van der Waals surface area contributed by atoms with Gasteiger partial charge in [-0.1, -0.05) is 19.9 Å². The number of nitrogens with one attached hydrogen (secondary N) is 1. The van der Waals surface area contributed by atoms with E-state index in [1.54, 1.807) is 12.1 Å². The molecule has 0 bridgehead atoms. The van der Waals surface area contributed by atoms with Crippen LogP contribution in [-0.2, 0) is 4.79 Å². The number of anilines is 2. The third kappa shape index (κ3) is 4.55. The lowest BCUT2D eigenvalue weighted by atomic mass is 10.0. The Balaban J connectivity index is 1.96. The van der Waals surface area contributed by atoms with Crippen LogP contribution in [0.4, 0.5) is 15.8 Å². The molecule has 1 aromatic carbocycles. The Labute approximate surface area is 138 Å². The van der Waals surface area contributed by atoms with Gasteiger partial charge in [0.2, 0.25) is 5.91 Å². The highest BCUT2D eigenvalue weighted by molar-refractivity contribution is 5.92. The fourth-order valence-electron chi connectivity index (χ4n) is 2.91. The van der Waals surface area contributed by atoms with Crippen molar-refractivity contribution in [2.75, 3.05) is 36.9 Å². The van der Waals surface area contributed by atoms with Gasteiger partial charge >= 0.3 is 0 Å². The van der Waals surface area contributed by atoms with Crippen LogP contribution in [0.15, 0.2) is 30.5 Å². The molecule has 23 heavy (non-hydrogen) atoms. The Morgan fingerprint density at radius 2 is 2.04 bits per heavy atom. The number of carbonyl (C=O) groups is 1. The van der Waals surface area contributed by atoms with Crippen LogP contribution in [-0.4, -0.2) is 37.5 Å². The smallest absolute Gasteiger partial charge is 0.238 e. The first-order valence-electron chi connectivity index (χ1n) is 8.08. The Morgan fingerprint density at radius 1 is 1.39 bits per heavy atom. The lowest BCUT2D eigenvalue weighted by Crippen LogP contribution is -2.32. The standard InChI is InChI=1S/C18H26FN3O/c1-5-8-21(4)15-6-7-17(16(19)9-15)20-18(23)12-22-10-13(2)14(3)11-22/h5-9,13-14H,10-12H2,1-4H3,(H,20,23)/b8-5-/t13-,14-/m1/s1. The summed E-state index contributed by atoms with van der Waals surface area (Å²) in [5.74, 6) is 0.608. The van der Waals surface area contributed by atoms with Gasteiger partial charge in [0.05, 0.1) is 12.2 Å². The van der Waals surface area contributed by atoms with Crippen molar-refractivity contribution >= 4 is 17.3 Å². The van der Waals surface area contributed by atoms with Crippen LogP contribution < -0.4 is 10.2 Å². The highest BCUT2D eigenvalue weighted by Gasteiger charge is 2.27. The number of hydrogen-bond acceptors (Lipinski definition) is 3. The fraction of sp³-hybridized carbons (Fsp3) is 0.500. The van der Waals surface area contributed by atoms with E-state index in [0.717, 1.165) is 18.8 Å². The molecule has 0 unspecified atom stereocenters. The minimum Gasteiger partial charge on any atom is -0.351 e. The van der Waals surface area contributed by atoms with Crippen LogP contribution in [0, 0.1) is 17.7 Å². The summed E-state index contributed by atoms with van der Waals surface area (Å²) in [6.45, 7) is 8.45. The summed E-state index contributed by atoms with van der Waals surface area (Å²) in [6, 6.07) is 4.83. The van der Waals surface area contributed by atoms with Crippen molar-refractivity contribution in [2.45, 2.75) is 20.8 Å². The molecular formula is C18H26FN3O. The highest BCUT2D eigenvalue weighted by atomic mass is 19.1. The van der Waals surface area contributed by atoms with Crippen molar-refractivity contribution in [3.8, 4) is 0 Å². The third-order valence-electron chi connectivity index (χ3n) is 4.44. The van der Waals surface area contributed by atoms with Crippen LogP contribution in [0.2, 0.25) is 0 Å². The van der Waals surface area contributed by atoms with Gasteiger partial charge in [-0.25, -0.2) is 4.39 Å². The van der Waals surface area contributed by atoms with Crippen LogP contribution in [0.25, 0.3) is 0 Å². The number of benzene rings is 1. The van der Waals surface area contributed by atoms with Gasteiger partial charge in [0.15, 0.2) is 0 Å². The van der Waals surface area contributed by atoms with E-state index in [-0.39, 0.29) is 11.6 Å². The van der Waals surface area contributed by atoms with E-state index in [9.17, 15) is 9.18 Å². The van der Waals surface area contributed by atoms with Crippen molar-refractivity contribution < 1.29 is 9.18 Å². The number of likely N-dealkylation sites (tertiary alicyclic amines) is 1. The number of carbonyl (C=O) groups excluding carboxylic acids is 1. The molecule has 126 valence electrons. The van der Waals surface area contributed by atoms with E-state index < -0.39 is 5.82 Å². The summed E-state index contributed by atoms with van der Waals surface area (Å²) < 4.78 is 14.2. The monoisotopic (exact) mass is 319 g/mol.